The van der Waals surface area contributed by atoms with E-state index in [0.717, 1.165) is 32.1 Å². The lowest BCUT2D eigenvalue weighted by molar-refractivity contribution is -0.870. The van der Waals surface area contributed by atoms with Gasteiger partial charge in [0, 0.05) is 12.8 Å². The molecule has 0 aliphatic rings. The molecule has 0 aliphatic carbocycles. The molecule has 0 saturated heterocycles. The summed E-state index contributed by atoms with van der Waals surface area (Å²) in [6.45, 7) is 4.32. The molecule has 0 N–H and O–H groups in total. The van der Waals surface area contributed by atoms with E-state index in [-0.39, 0.29) is 32.0 Å². The highest BCUT2D eigenvalue weighted by atomic mass is 31.2. The van der Waals surface area contributed by atoms with Crippen molar-refractivity contribution in [2.45, 2.75) is 341 Å². The third kappa shape index (κ3) is 60.0. The van der Waals surface area contributed by atoms with E-state index < -0.39 is 26.5 Å². The first-order valence-corrected chi connectivity index (χ1v) is 33.9. The van der Waals surface area contributed by atoms with Crippen LogP contribution in [-0.2, 0) is 32.7 Å². The lowest BCUT2D eigenvalue weighted by Gasteiger charge is -2.28. The standard InChI is InChI=1S/C64H126NO8P/c1-6-8-10-12-14-16-18-20-22-24-26-28-29-30-31-32-33-34-35-37-39-41-43-45-47-49-51-53-55-57-64(67)73-62(61-72-74(68,69)71-59-58-65(3,4)5)60-70-63(66)56-54-52-50-48-46-44-42-40-38-36-27-25-23-21-19-17-15-13-11-9-7-2/h24,26,62H,6-23,25,27-61H2,1-5H3/b26-24-. The number of carbonyl (C=O) groups is 2. The Kier molecular flexibility index (Phi) is 55.5. The van der Waals surface area contributed by atoms with Crippen molar-refractivity contribution < 1.29 is 42.1 Å². The number of unbranched alkanes of at least 4 members (excludes halogenated alkanes) is 45. The molecule has 0 fully saturated rings. The van der Waals surface area contributed by atoms with Crippen molar-refractivity contribution in [3.63, 3.8) is 0 Å². The van der Waals surface area contributed by atoms with Gasteiger partial charge in [-0.15, -0.1) is 0 Å². The van der Waals surface area contributed by atoms with Gasteiger partial charge in [0.25, 0.3) is 7.82 Å². The zero-order valence-electron chi connectivity index (χ0n) is 50.1. The summed E-state index contributed by atoms with van der Waals surface area (Å²) in [7, 11) is 1.19. The fourth-order valence-electron chi connectivity index (χ4n) is 9.77. The van der Waals surface area contributed by atoms with E-state index in [2.05, 4.69) is 26.0 Å². The van der Waals surface area contributed by atoms with Gasteiger partial charge in [-0.1, -0.05) is 296 Å². The molecule has 10 heteroatoms. The molecule has 0 spiro atoms. The van der Waals surface area contributed by atoms with Crippen LogP contribution in [0, 0.1) is 0 Å². The number of likely N-dealkylation sites (N-methyl/N-ethyl adjacent to an activating group) is 1. The van der Waals surface area contributed by atoms with Gasteiger partial charge < -0.3 is 27.9 Å². The first-order valence-electron chi connectivity index (χ1n) is 32.4. The molecule has 0 rings (SSSR count). The minimum atomic E-state index is -4.63. The fourth-order valence-corrected chi connectivity index (χ4v) is 10.5. The monoisotopic (exact) mass is 1070 g/mol. The van der Waals surface area contributed by atoms with Crippen LogP contribution in [0.1, 0.15) is 335 Å². The number of rotatable bonds is 61. The van der Waals surface area contributed by atoms with Crippen LogP contribution in [0.15, 0.2) is 12.2 Å². The van der Waals surface area contributed by atoms with Crippen LogP contribution in [0.25, 0.3) is 0 Å². The summed E-state index contributed by atoms with van der Waals surface area (Å²) >= 11 is 0. The van der Waals surface area contributed by atoms with E-state index in [4.69, 9.17) is 18.5 Å². The SMILES string of the molecule is CCCCCCCCCC/C=C\CCCCCCCCCCCCCCCCCCCC(=O)OC(COC(=O)CCCCCCCCCCCCCCCCCCCCCCC)COP(=O)([O-])OCC[N+](C)(C)C. The number of ether oxygens (including phenoxy) is 2. The second kappa shape index (κ2) is 56.5. The average molecular weight is 1070 g/mol. The quantitative estimate of drug-likeness (QED) is 0.0195. The molecular formula is C64H126NO8P. The highest BCUT2D eigenvalue weighted by molar-refractivity contribution is 7.45. The molecule has 0 amide bonds. The second-order valence-corrected chi connectivity index (χ2v) is 24.9. The molecule has 9 nitrogen and oxygen atoms in total. The smallest absolute Gasteiger partial charge is 0.306 e. The van der Waals surface area contributed by atoms with Crippen LogP contribution in [0.5, 0.6) is 0 Å². The number of hydrogen-bond donors (Lipinski definition) is 0. The first kappa shape index (κ1) is 72.8. The topological polar surface area (TPSA) is 111 Å². The van der Waals surface area contributed by atoms with E-state index in [1.165, 1.54) is 270 Å². The van der Waals surface area contributed by atoms with Gasteiger partial charge >= 0.3 is 11.9 Å². The number of quaternary nitrogens is 1. The summed E-state index contributed by atoms with van der Waals surface area (Å²) in [6, 6.07) is 0. The minimum absolute atomic E-state index is 0.0261. The van der Waals surface area contributed by atoms with Crippen LogP contribution >= 0.6 is 7.82 Å². The summed E-state index contributed by atoms with van der Waals surface area (Å²) in [6.07, 6.45) is 67.1. The fraction of sp³-hybridized carbons (Fsp3) is 0.938. The van der Waals surface area contributed by atoms with E-state index in [9.17, 15) is 19.0 Å². The minimum Gasteiger partial charge on any atom is -0.756 e. The number of carbonyl (C=O) groups excluding carboxylic acids is 2. The molecule has 74 heavy (non-hydrogen) atoms. The van der Waals surface area contributed by atoms with Crippen molar-refractivity contribution in [1.29, 1.82) is 0 Å². The number of hydrogen-bond acceptors (Lipinski definition) is 8. The predicted molar refractivity (Wildman–Crippen MR) is 315 cm³/mol. The van der Waals surface area contributed by atoms with E-state index in [1.807, 2.05) is 21.1 Å². The number of phosphoric ester groups is 1. The van der Waals surface area contributed by atoms with Crippen LogP contribution < -0.4 is 4.89 Å². The third-order valence-corrected chi connectivity index (χ3v) is 15.7. The maximum Gasteiger partial charge on any atom is 0.306 e. The summed E-state index contributed by atoms with van der Waals surface area (Å²) in [5.74, 6) is -0.809. The number of nitrogens with zero attached hydrogens (tertiary/aromatic N) is 1. The van der Waals surface area contributed by atoms with Crippen LogP contribution in [0.3, 0.4) is 0 Å². The number of phosphoric acid groups is 1. The van der Waals surface area contributed by atoms with Gasteiger partial charge in [-0.05, 0) is 38.5 Å². The lowest BCUT2D eigenvalue weighted by Crippen LogP contribution is -2.37. The van der Waals surface area contributed by atoms with E-state index in [0.29, 0.717) is 17.4 Å². The highest BCUT2D eigenvalue weighted by Crippen LogP contribution is 2.38. The molecule has 2 atom stereocenters. The molecule has 0 heterocycles. The molecule has 0 bridgehead atoms. The molecule has 440 valence electrons. The van der Waals surface area contributed by atoms with Gasteiger partial charge in [0.05, 0.1) is 27.7 Å². The Morgan fingerprint density at radius 3 is 1.00 bits per heavy atom. The maximum absolute atomic E-state index is 12.8. The molecular weight excluding hydrogens is 942 g/mol. The largest absolute Gasteiger partial charge is 0.756 e. The van der Waals surface area contributed by atoms with Crippen molar-refractivity contribution in [2.75, 3.05) is 47.5 Å². The number of allylic oxidation sites excluding steroid dienone is 2. The summed E-state index contributed by atoms with van der Waals surface area (Å²) in [4.78, 5) is 38.0. The van der Waals surface area contributed by atoms with Crippen molar-refractivity contribution in [3.05, 3.63) is 12.2 Å². The zero-order valence-corrected chi connectivity index (χ0v) is 51.0. The highest BCUT2D eigenvalue weighted by Gasteiger charge is 2.22. The molecule has 2 unspecified atom stereocenters. The normalized spacial score (nSPS) is 13.2. The van der Waals surface area contributed by atoms with E-state index >= 15 is 0 Å². The Labute approximate surface area is 460 Å². The van der Waals surface area contributed by atoms with Gasteiger partial charge in [-0.25, -0.2) is 0 Å². The van der Waals surface area contributed by atoms with Crippen molar-refractivity contribution in [3.8, 4) is 0 Å². The zero-order chi connectivity index (χ0) is 54.2. The maximum atomic E-state index is 12.8. The summed E-state index contributed by atoms with van der Waals surface area (Å²) in [5, 5.41) is 0. The summed E-state index contributed by atoms with van der Waals surface area (Å²) in [5.41, 5.74) is 0. The van der Waals surface area contributed by atoms with Gasteiger partial charge in [-0.2, -0.15) is 0 Å². The Balaban J connectivity index is 4.03. The van der Waals surface area contributed by atoms with Crippen LogP contribution in [0.2, 0.25) is 0 Å². The number of esters is 2. The third-order valence-electron chi connectivity index (χ3n) is 14.8. The van der Waals surface area contributed by atoms with Crippen LogP contribution in [0.4, 0.5) is 0 Å². The molecule has 0 saturated carbocycles. The average Bonchev–Trinajstić information content (AvgIpc) is 3.36. The lowest BCUT2D eigenvalue weighted by atomic mass is 10.0. The predicted octanol–water partition coefficient (Wildman–Crippen LogP) is 19.8. The van der Waals surface area contributed by atoms with Crippen LogP contribution in [-0.4, -0.2) is 70.0 Å². The molecule has 0 aromatic carbocycles. The molecule has 0 radical (unpaired) electrons. The van der Waals surface area contributed by atoms with Crippen molar-refractivity contribution >= 4 is 19.8 Å². The van der Waals surface area contributed by atoms with Gasteiger partial charge in [0.2, 0.25) is 0 Å². The molecule has 0 aromatic rings. The van der Waals surface area contributed by atoms with Gasteiger partial charge in [0.1, 0.15) is 19.8 Å². The first-order chi connectivity index (χ1) is 36.0. The Hall–Kier alpha value is -1.25. The van der Waals surface area contributed by atoms with Gasteiger partial charge in [0.15, 0.2) is 6.10 Å². The Bertz CT molecular complexity index is 1260. The van der Waals surface area contributed by atoms with Gasteiger partial charge in [-0.3, -0.25) is 14.2 Å². The van der Waals surface area contributed by atoms with Crippen molar-refractivity contribution in [2.24, 2.45) is 0 Å². The Morgan fingerprint density at radius 1 is 0.405 bits per heavy atom. The van der Waals surface area contributed by atoms with Crippen molar-refractivity contribution in [1.82, 2.24) is 0 Å². The van der Waals surface area contributed by atoms with E-state index in [1.54, 1.807) is 0 Å². The summed E-state index contributed by atoms with van der Waals surface area (Å²) < 4.78 is 34.3. The molecule has 0 aromatic heterocycles. The molecule has 0 aliphatic heterocycles. The second-order valence-electron chi connectivity index (χ2n) is 23.5. The Morgan fingerprint density at radius 2 is 0.689 bits per heavy atom.